The maximum atomic E-state index is 12.8. The van der Waals surface area contributed by atoms with Crippen molar-refractivity contribution in [3.8, 4) is 11.5 Å². The predicted octanol–water partition coefficient (Wildman–Crippen LogP) is 3.74. The van der Waals surface area contributed by atoms with Gasteiger partial charge in [-0.05, 0) is 30.9 Å². The summed E-state index contributed by atoms with van der Waals surface area (Å²) in [6.07, 6.45) is 4.13. The third-order valence-electron chi connectivity index (χ3n) is 3.90. The molecule has 2 rings (SSSR count). The summed E-state index contributed by atoms with van der Waals surface area (Å²) in [4.78, 5) is 12.8. The molecule has 1 aliphatic rings. The Bertz CT molecular complexity index is 472. The lowest BCUT2D eigenvalue weighted by Gasteiger charge is -2.18. The zero-order valence-electron chi connectivity index (χ0n) is 11.8. The molecule has 1 aromatic carbocycles. The van der Waals surface area contributed by atoms with Crippen molar-refractivity contribution in [1.82, 2.24) is 0 Å². The van der Waals surface area contributed by atoms with Gasteiger partial charge in [-0.1, -0.05) is 18.9 Å². The normalized spacial score (nSPS) is 17.1. The van der Waals surface area contributed by atoms with Crippen LogP contribution in [0.15, 0.2) is 18.2 Å². The number of hydrogen-bond acceptors (Lipinski definition) is 4. The summed E-state index contributed by atoms with van der Waals surface area (Å²) in [5, 5.41) is 0. The summed E-state index contributed by atoms with van der Waals surface area (Å²) in [6, 6.07) is 5.22. The van der Waals surface area contributed by atoms with E-state index in [2.05, 4.69) is 0 Å². The van der Waals surface area contributed by atoms with E-state index in [4.69, 9.17) is 9.47 Å². The maximum absolute atomic E-state index is 12.8. The Labute approximate surface area is 120 Å². The Morgan fingerprint density at radius 2 is 1.75 bits per heavy atom. The van der Waals surface area contributed by atoms with Gasteiger partial charge in [-0.15, -0.1) is 0 Å². The van der Waals surface area contributed by atoms with Crippen LogP contribution in [0.2, 0.25) is 0 Å². The van der Waals surface area contributed by atoms with Gasteiger partial charge in [-0.2, -0.15) is 0 Å². The number of methoxy groups -OCH3 is 2. The van der Waals surface area contributed by atoms with Crippen molar-refractivity contribution >= 4 is 14.2 Å². The first-order valence-corrected chi connectivity index (χ1v) is 7.68. The average Bonchev–Trinajstić information content (AvgIpc) is 3.00. The lowest BCUT2D eigenvalue weighted by molar-refractivity contribution is 0.0962. The fraction of sp³-hybridized carbons (Fsp3) is 0.533. The molecule has 0 bridgehead atoms. The van der Waals surface area contributed by atoms with Gasteiger partial charge in [0, 0.05) is 0 Å². The fourth-order valence-electron chi connectivity index (χ4n) is 2.86. The quantitative estimate of drug-likeness (QED) is 0.592. The number of carbonyl (C=O) groups excluding carboxylic acids is 1. The molecule has 108 valence electrons. The third-order valence-corrected chi connectivity index (χ3v) is 4.79. The number of Topliss-reactive ketones (excluding diaryl/α,β-unsaturated/α-hetero) is 1. The van der Waals surface area contributed by atoms with Gasteiger partial charge in [-0.25, -0.2) is 0 Å². The summed E-state index contributed by atoms with van der Waals surface area (Å²) in [5.74, 6) is 0.987. The first kappa shape index (κ1) is 15.0. The van der Waals surface area contributed by atoms with Crippen molar-refractivity contribution in [1.29, 1.82) is 0 Å². The Balaban J connectivity index is 2.37. The van der Waals surface area contributed by atoms with Gasteiger partial charge in [0.1, 0.15) is 22.7 Å². The molecule has 1 fully saturated rings. The van der Waals surface area contributed by atoms with Gasteiger partial charge in [0.2, 0.25) is 0 Å². The van der Waals surface area contributed by atoms with Crippen molar-refractivity contribution in [3.05, 3.63) is 23.8 Å². The molecule has 0 N–H and O–H groups in total. The number of carbonyl (C=O) groups is 1. The monoisotopic (exact) mass is 294 g/mol. The van der Waals surface area contributed by atoms with E-state index in [1.807, 2.05) is 0 Å². The van der Waals surface area contributed by atoms with Crippen LogP contribution in [-0.2, 0) is 4.57 Å². The average molecular weight is 294 g/mol. The van der Waals surface area contributed by atoms with Crippen LogP contribution in [0.5, 0.6) is 11.5 Å². The van der Waals surface area contributed by atoms with E-state index in [1.165, 1.54) is 14.2 Å². The van der Waals surface area contributed by atoms with Gasteiger partial charge >= 0.3 is 0 Å². The van der Waals surface area contributed by atoms with Crippen LogP contribution in [-0.4, -0.2) is 25.7 Å². The van der Waals surface area contributed by atoms with Crippen molar-refractivity contribution < 1.29 is 18.8 Å². The second-order valence-corrected chi connectivity index (χ2v) is 5.76. The highest BCUT2D eigenvalue weighted by atomic mass is 31.1. The third kappa shape index (κ3) is 2.85. The number of ether oxygens (including phenoxy) is 2. The summed E-state index contributed by atoms with van der Waals surface area (Å²) >= 11 is 0. The van der Waals surface area contributed by atoms with Gasteiger partial charge in [0.25, 0.3) is 0 Å². The molecule has 0 saturated heterocycles. The van der Waals surface area contributed by atoms with Gasteiger partial charge in [-0.3, -0.25) is 9.36 Å². The Morgan fingerprint density at radius 1 is 1.20 bits per heavy atom. The summed E-state index contributed by atoms with van der Waals surface area (Å²) in [6.45, 7) is 0. The highest BCUT2D eigenvalue weighted by Crippen LogP contribution is 2.38. The minimum absolute atomic E-state index is 0.114. The topological polar surface area (TPSA) is 52.6 Å². The Morgan fingerprint density at radius 3 is 2.20 bits per heavy atom. The second-order valence-electron chi connectivity index (χ2n) is 5.00. The fourth-order valence-corrected chi connectivity index (χ4v) is 3.56. The minimum Gasteiger partial charge on any atom is -0.496 e. The largest absolute Gasteiger partial charge is 0.496 e. The molecule has 1 aromatic rings. The molecule has 20 heavy (non-hydrogen) atoms. The first-order valence-electron chi connectivity index (χ1n) is 6.80. The summed E-state index contributed by atoms with van der Waals surface area (Å²) < 4.78 is 22.0. The molecule has 0 heterocycles. The molecule has 1 saturated carbocycles. The molecule has 0 aromatic heterocycles. The standard InChI is InChI=1S/C15H19O4P/c1-18-11-8-5-9-12(19-2)13(11)14(16)15(20-17)10-6-3-4-7-10/h5,8-10,15H,3-4,6-7H2,1-2H3. The smallest absolute Gasteiger partial charge is 0.185 e. The molecule has 0 spiro atoms. The molecule has 0 amide bonds. The number of benzene rings is 1. The van der Waals surface area contributed by atoms with Crippen LogP contribution in [0.3, 0.4) is 0 Å². The van der Waals surface area contributed by atoms with E-state index in [1.54, 1.807) is 18.2 Å². The molecular weight excluding hydrogens is 275 g/mol. The first-order chi connectivity index (χ1) is 9.72. The van der Waals surface area contributed by atoms with Crippen LogP contribution in [0.25, 0.3) is 0 Å². The van der Waals surface area contributed by atoms with Crippen LogP contribution < -0.4 is 9.47 Å². The molecule has 0 radical (unpaired) electrons. The van der Waals surface area contributed by atoms with Crippen molar-refractivity contribution in [2.45, 2.75) is 31.3 Å². The minimum atomic E-state index is -0.498. The number of ketones is 1. The highest BCUT2D eigenvalue weighted by molar-refractivity contribution is 7.26. The van der Waals surface area contributed by atoms with Crippen LogP contribution in [0.4, 0.5) is 0 Å². The number of hydrogen-bond donors (Lipinski definition) is 0. The molecule has 1 unspecified atom stereocenters. The van der Waals surface area contributed by atoms with E-state index in [9.17, 15) is 9.36 Å². The van der Waals surface area contributed by atoms with Crippen LogP contribution in [0, 0.1) is 5.92 Å². The number of rotatable bonds is 6. The zero-order valence-corrected chi connectivity index (χ0v) is 12.7. The van der Waals surface area contributed by atoms with Gasteiger partial charge in [0.15, 0.2) is 14.2 Å². The van der Waals surface area contributed by atoms with E-state index in [-0.39, 0.29) is 20.2 Å². The Hall–Kier alpha value is -1.41. The van der Waals surface area contributed by atoms with Crippen LogP contribution >= 0.6 is 8.46 Å². The molecule has 1 atom stereocenters. The predicted molar refractivity (Wildman–Crippen MR) is 77.2 cm³/mol. The lowest BCUT2D eigenvalue weighted by atomic mass is 9.95. The van der Waals surface area contributed by atoms with Crippen molar-refractivity contribution in [2.75, 3.05) is 14.2 Å². The summed E-state index contributed by atoms with van der Waals surface area (Å²) in [5.41, 5.74) is -0.0968. The molecule has 5 heteroatoms. The highest BCUT2D eigenvalue weighted by Gasteiger charge is 2.34. The lowest BCUT2D eigenvalue weighted by Crippen LogP contribution is -2.24. The second kappa shape index (κ2) is 6.85. The van der Waals surface area contributed by atoms with Crippen molar-refractivity contribution in [3.63, 3.8) is 0 Å². The van der Waals surface area contributed by atoms with E-state index in [0.29, 0.717) is 17.1 Å². The van der Waals surface area contributed by atoms with Crippen molar-refractivity contribution in [2.24, 2.45) is 5.92 Å². The molecular formula is C15H19O4P. The molecule has 0 aliphatic heterocycles. The van der Waals surface area contributed by atoms with Crippen LogP contribution in [0.1, 0.15) is 36.0 Å². The maximum Gasteiger partial charge on any atom is 0.185 e. The van der Waals surface area contributed by atoms with E-state index in [0.717, 1.165) is 25.7 Å². The molecule has 4 nitrogen and oxygen atoms in total. The molecule has 1 aliphatic carbocycles. The van der Waals surface area contributed by atoms with Gasteiger partial charge in [0.05, 0.1) is 14.2 Å². The SMILES string of the molecule is COc1cccc(OC)c1C(=O)C(P=O)C1CCCC1. The van der Waals surface area contributed by atoms with E-state index >= 15 is 0 Å². The summed E-state index contributed by atoms with van der Waals surface area (Å²) in [7, 11) is 2.92. The van der Waals surface area contributed by atoms with E-state index < -0.39 is 5.66 Å². The van der Waals surface area contributed by atoms with Gasteiger partial charge < -0.3 is 9.47 Å². The zero-order chi connectivity index (χ0) is 14.5. The Kier molecular flexibility index (Phi) is 5.13.